The lowest BCUT2D eigenvalue weighted by Crippen LogP contribution is -2.24. The zero-order valence-electron chi connectivity index (χ0n) is 14.2. The van der Waals surface area contributed by atoms with Crippen molar-refractivity contribution in [1.82, 2.24) is 5.32 Å². The normalized spacial score (nSPS) is 11.9. The molecule has 10 heteroatoms. The van der Waals surface area contributed by atoms with E-state index < -0.39 is 30.8 Å². The molecule has 0 fully saturated rings. The molecule has 0 aliphatic rings. The van der Waals surface area contributed by atoms with Gasteiger partial charge in [0, 0.05) is 17.7 Å². The molecule has 0 atom stereocenters. The van der Waals surface area contributed by atoms with Gasteiger partial charge < -0.3 is 14.8 Å². The van der Waals surface area contributed by atoms with Crippen molar-refractivity contribution in [3.63, 3.8) is 0 Å². The minimum absolute atomic E-state index is 0.130. The third-order valence-corrected chi connectivity index (χ3v) is 3.39. The number of nitrogens with one attached hydrogen (secondary N) is 1. The number of carbonyl (C=O) groups excluding carboxylic acids is 1. The number of halogens is 6. The Morgan fingerprint density at radius 2 is 1.57 bits per heavy atom. The van der Waals surface area contributed by atoms with E-state index in [9.17, 15) is 31.1 Å². The van der Waals surface area contributed by atoms with Crippen LogP contribution >= 0.6 is 0 Å². The Hall–Kier alpha value is -2.75. The second-order valence-corrected chi connectivity index (χ2v) is 5.64. The van der Waals surface area contributed by atoms with Crippen LogP contribution < -0.4 is 10.1 Å². The summed E-state index contributed by atoms with van der Waals surface area (Å²) in [6, 6.07) is 11.0. The Labute approximate surface area is 156 Å². The van der Waals surface area contributed by atoms with E-state index in [2.05, 4.69) is 14.8 Å². The molecular weight excluding hydrogens is 392 g/mol. The summed E-state index contributed by atoms with van der Waals surface area (Å²) >= 11 is 0. The van der Waals surface area contributed by atoms with Crippen LogP contribution in [0, 0.1) is 0 Å². The van der Waals surface area contributed by atoms with Gasteiger partial charge in [-0.25, -0.2) is 0 Å². The molecule has 28 heavy (non-hydrogen) atoms. The van der Waals surface area contributed by atoms with Crippen LogP contribution in [-0.4, -0.2) is 25.1 Å². The van der Waals surface area contributed by atoms with Gasteiger partial charge in [0.1, 0.15) is 12.4 Å². The number of amides is 1. The fourth-order valence-corrected chi connectivity index (χ4v) is 2.19. The number of rotatable bonds is 7. The SMILES string of the molecule is O=C(NCc1ccccc1OC(F)(F)F)c1ccc(COCC(F)(F)F)cc1. The van der Waals surface area contributed by atoms with Crippen LogP contribution in [0.15, 0.2) is 48.5 Å². The molecule has 1 N–H and O–H groups in total. The zero-order chi connectivity index (χ0) is 20.8. The Morgan fingerprint density at radius 1 is 0.929 bits per heavy atom. The summed E-state index contributed by atoms with van der Waals surface area (Å²) in [6.45, 7) is -1.86. The third kappa shape index (κ3) is 7.47. The molecule has 0 saturated carbocycles. The van der Waals surface area contributed by atoms with Gasteiger partial charge in [-0.05, 0) is 23.8 Å². The second-order valence-electron chi connectivity index (χ2n) is 5.64. The van der Waals surface area contributed by atoms with Gasteiger partial charge in [0.25, 0.3) is 5.91 Å². The van der Waals surface area contributed by atoms with Crippen molar-refractivity contribution in [3.05, 3.63) is 65.2 Å². The van der Waals surface area contributed by atoms with Crippen LogP contribution in [0.3, 0.4) is 0 Å². The summed E-state index contributed by atoms with van der Waals surface area (Å²) in [5.74, 6) is -0.989. The third-order valence-electron chi connectivity index (χ3n) is 3.39. The molecule has 0 radical (unpaired) electrons. The van der Waals surface area contributed by atoms with E-state index in [1.54, 1.807) is 0 Å². The predicted octanol–water partition coefficient (Wildman–Crippen LogP) is 4.59. The van der Waals surface area contributed by atoms with Gasteiger partial charge >= 0.3 is 12.5 Å². The second kappa shape index (κ2) is 8.96. The number of carbonyl (C=O) groups is 1. The van der Waals surface area contributed by atoms with Gasteiger partial charge in [-0.1, -0.05) is 30.3 Å². The molecule has 152 valence electrons. The first-order chi connectivity index (χ1) is 13.0. The maximum Gasteiger partial charge on any atom is 0.573 e. The molecule has 0 aliphatic heterocycles. The van der Waals surface area contributed by atoms with E-state index in [1.807, 2.05) is 0 Å². The fraction of sp³-hybridized carbons (Fsp3) is 0.278. The maximum atomic E-state index is 12.4. The van der Waals surface area contributed by atoms with Crippen LogP contribution in [0.2, 0.25) is 0 Å². The monoisotopic (exact) mass is 407 g/mol. The fourth-order valence-electron chi connectivity index (χ4n) is 2.19. The minimum Gasteiger partial charge on any atom is -0.405 e. The smallest absolute Gasteiger partial charge is 0.405 e. The van der Waals surface area contributed by atoms with Gasteiger partial charge in [0.2, 0.25) is 0 Å². The lowest BCUT2D eigenvalue weighted by atomic mass is 10.1. The topological polar surface area (TPSA) is 47.6 Å². The Bertz CT molecular complexity index is 787. The highest BCUT2D eigenvalue weighted by Gasteiger charge is 2.32. The Balaban J connectivity index is 1.92. The molecule has 0 bridgehead atoms. The van der Waals surface area contributed by atoms with Crippen LogP contribution in [0.25, 0.3) is 0 Å². The number of benzene rings is 2. The molecule has 1 amide bonds. The molecular formula is C18H15F6NO3. The van der Waals surface area contributed by atoms with Gasteiger partial charge in [0.15, 0.2) is 0 Å². The van der Waals surface area contributed by atoms with E-state index in [0.717, 1.165) is 6.07 Å². The first-order valence-electron chi connectivity index (χ1n) is 7.89. The van der Waals surface area contributed by atoms with Gasteiger partial charge in [-0.2, -0.15) is 13.2 Å². The summed E-state index contributed by atoms with van der Waals surface area (Å²) in [7, 11) is 0. The predicted molar refractivity (Wildman–Crippen MR) is 86.4 cm³/mol. The van der Waals surface area contributed by atoms with Crippen molar-refractivity contribution in [3.8, 4) is 5.75 Å². The molecule has 4 nitrogen and oxygen atoms in total. The van der Waals surface area contributed by atoms with E-state index in [0.29, 0.717) is 5.56 Å². The molecule has 2 rings (SSSR count). The first-order valence-corrected chi connectivity index (χ1v) is 7.89. The van der Waals surface area contributed by atoms with Crippen molar-refractivity contribution in [2.24, 2.45) is 0 Å². The highest BCUT2D eigenvalue weighted by molar-refractivity contribution is 5.94. The molecule has 0 aromatic heterocycles. The summed E-state index contributed by atoms with van der Waals surface area (Å²) in [6.07, 6.45) is -9.28. The molecule has 0 aliphatic carbocycles. The van der Waals surface area contributed by atoms with E-state index >= 15 is 0 Å². The summed E-state index contributed by atoms with van der Waals surface area (Å²) < 4.78 is 81.7. The lowest BCUT2D eigenvalue weighted by molar-refractivity contribution is -0.274. The standard InChI is InChI=1S/C18H15F6NO3/c19-17(20,21)11-27-10-12-5-7-13(8-6-12)16(26)25-9-14-3-1-2-4-15(14)28-18(22,23)24/h1-8H,9-11H2,(H,25,26). The van der Waals surface area contributed by atoms with Crippen LogP contribution in [0.1, 0.15) is 21.5 Å². The maximum absolute atomic E-state index is 12.4. The number of hydrogen-bond acceptors (Lipinski definition) is 3. The molecule has 0 heterocycles. The van der Waals surface area contributed by atoms with E-state index in [4.69, 9.17) is 0 Å². The Morgan fingerprint density at radius 3 is 2.18 bits per heavy atom. The number of ether oxygens (including phenoxy) is 2. The summed E-state index contributed by atoms with van der Waals surface area (Å²) in [5.41, 5.74) is 0.754. The van der Waals surface area contributed by atoms with E-state index in [-0.39, 0.29) is 24.3 Å². The molecule has 2 aromatic carbocycles. The number of para-hydroxylation sites is 1. The van der Waals surface area contributed by atoms with Gasteiger partial charge in [-0.3, -0.25) is 4.79 Å². The summed E-state index contributed by atoms with van der Waals surface area (Å²) in [4.78, 5) is 12.1. The minimum atomic E-state index is -4.86. The van der Waals surface area contributed by atoms with Crippen LogP contribution in [0.4, 0.5) is 26.3 Å². The van der Waals surface area contributed by atoms with Crippen molar-refractivity contribution >= 4 is 5.91 Å². The number of alkyl halides is 6. The average Bonchev–Trinajstić information content (AvgIpc) is 2.59. The largest absolute Gasteiger partial charge is 0.573 e. The highest BCUT2D eigenvalue weighted by atomic mass is 19.4. The van der Waals surface area contributed by atoms with Crippen LogP contribution in [0.5, 0.6) is 5.75 Å². The average molecular weight is 407 g/mol. The van der Waals surface area contributed by atoms with Crippen molar-refractivity contribution in [1.29, 1.82) is 0 Å². The molecule has 2 aromatic rings. The zero-order valence-corrected chi connectivity index (χ0v) is 14.2. The molecule has 0 saturated heterocycles. The summed E-state index contributed by atoms with van der Waals surface area (Å²) in [5, 5.41) is 2.46. The first kappa shape index (κ1) is 21.5. The number of hydrogen-bond donors (Lipinski definition) is 1. The van der Waals surface area contributed by atoms with Crippen molar-refractivity contribution in [2.45, 2.75) is 25.7 Å². The van der Waals surface area contributed by atoms with E-state index in [1.165, 1.54) is 42.5 Å². The van der Waals surface area contributed by atoms with Gasteiger partial charge in [0.05, 0.1) is 6.61 Å². The van der Waals surface area contributed by atoms with Gasteiger partial charge in [-0.15, -0.1) is 13.2 Å². The Kier molecular flexibility index (Phi) is 6.90. The molecule has 0 unspecified atom stereocenters. The van der Waals surface area contributed by atoms with Crippen molar-refractivity contribution in [2.75, 3.05) is 6.61 Å². The van der Waals surface area contributed by atoms with Crippen LogP contribution in [-0.2, 0) is 17.9 Å². The lowest BCUT2D eigenvalue weighted by Gasteiger charge is -2.13. The quantitative estimate of drug-likeness (QED) is 0.683. The highest BCUT2D eigenvalue weighted by Crippen LogP contribution is 2.26. The molecule has 0 spiro atoms. The van der Waals surface area contributed by atoms with Crippen molar-refractivity contribution < 1.29 is 40.6 Å².